The fourth-order valence-electron chi connectivity index (χ4n) is 3.10. The molecule has 2 aromatic rings. The molecule has 1 aromatic carbocycles. The topological polar surface area (TPSA) is 86.1 Å². The van der Waals surface area contributed by atoms with Crippen molar-refractivity contribution in [2.45, 2.75) is 38.2 Å². The minimum Gasteiger partial charge on any atom is -0.494 e. The van der Waals surface area contributed by atoms with Crippen LogP contribution < -0.4 is 15.1 Å². The van der Waals surface area contributed by atoms with Gasteiger partial charge in [-0.15, -0.1) is 0 Å². The summed E-state index contributed by atoms with van der Waals surface area (Å²) >= 11 is 0. The maximum atomic E-state index is 12.9. The second-order valence-electron chi connectivity index (χ2n) is 6.47. The Morgan fingerprint density at radius 2 is 2.00 bits per heavy atom. The standard InChI is InChI=1S/C19H23NO6S/c1-4-24-18-6-5-17(9-13(18)2)27(22,23)20-8-7-15(12-20)26-16-10-14(3)25-19(21)11-16/h5-6,9-11,15H,4,7-8,12H2,1-3H3/t15-/m1/s1. The first-order valence-corrected chi connectivity index (χ1v) is 10.3. The molecule has 146 valence electrons. The van der Waals surface area contributed by atoms with Crippen molar-refractivity contribution in [3.05, 3.63) is 52.1 Å². The fraction of sp³-hybridized carbons (Fsp3) is 0.421. The average Bonchev–Trinajstić information content (AvgIpc) is 3.05. The third-order valence-electron chi connectivity index (χ3n) is 4.36. The molecule has 1 aromatic heterocycles. The van der Waals surface area contributed by atoms with E-state index in [9.17, 15) is 13.2 Å². The molecule has 1 aliphatic rings. The highest BCUT2D eigenvalue weighted by atomic mass is 32.2. The fourth-order valence-corrected chi connectivity index (χ4v) is 4.67. The number of ether oxygens (including phenoxy) is 2. The van der Waals surface area contributed by atoms with Crippen LogP contribution in [0.5, 0.6) is 11.5 Å². The molecule has 2 heterocycles. The molecule has 0 bridgehead atoms. The number of sulfonamides is 1. The SMILES string of the molecule is CCOc1ccc(S(=O)(=O)N2CC[C@@H](Oc3cc(C)oc(=O)c3)C2)cc1C. The molecule has 0 spiro atoms. The third kappa shape index (κ3) is 4.33. The van der Waals surface area contributed by atoms with Crippen molar-refractivity contribution in [3.63, 3.8) is 0 Å². The van der Waals surface area contributed by atoms with E-state index < -0.39 is 15.6 Å². The molecule has 8 heteroatoms. The molecule has 3 rings (SSSR count). The zero-order chi connectivity index (χ0) is 19.6. The maximum absolute atomic E-state index is 12.9. The highest BCUT2D eigenvalue weighted by Gasteiger charge is 2.34. The van der Waals surface area contributed by atoms with Gasteiger partial charge in [-0.2, -0.15) is 4.31 Å². The number of aryl methyl sites for hydroxylation is 2. The quantitative estimate of drug-likeness (QED) is 0.750. The molecule has 1 aliphatic heterocycles. The van der Waals surface area contributed by atoms with Crippen molar-refractivity contribution in [2.75, 3.05) is 19.7 Å². The molecule has 0 aliphatic carbocycles. The van der Waals surface area contributed by atoms with Crippen molar-refractivity contribution in [1.29, 1.82) is 0 Å². The normalized spacial score (nSPS) is 17.8. The van der Waals surface area contributed by atoms with Crippen LogP contribution in [0.1, 0.15) is 24.7 Å². The Balaban J connectivity index is 1.73. The highest BCUT2D eigenvalue weighted by Crippen LogP contribution is 2.27. The van der Waals surface area contributed by atoms with Crippen molar-refractivity contribution in [2.24, 2.45) is 0 Å². The average molecular weight is 393 g/mol. The van der Waals surface area contributed by atoms with Gasteiger partial charge in [0.25, 0.3) is 0 Å². The summed E-state index contributed by atoms with van der Waals surface area (Å²) in [7, 11) is -3.62. The monoisotopic (exact) mass is 393 g/mol. The van der Waals surface area contributed by atoms with E-state index in [1.54, 1.807) is 31.2 Å². The van der Waals surface area contributed by atoms with Crippen LogP contribution in [0.2, 0.25) is 0 Å². The molecule has 0 saturated carbocycles. The Morgan fingerprint density at radius 3 is 2.67 bits per heavy atom. The van der Waals surface area contributed by atoms with E-state index >= 15 is 0 Å². The molecular weight excluding hydrogens is 370 g/mol. The third-order valence-corrected chi connectivity index (χ3v) is 6.22. The molecular formula is C19H23NO6S. The predicted octanol–water partition coefficient (Wildman–Crippen LogP) is 2.50. The van der Waals surface area contributed by atoms with Gasteiger partial charge < -0.3 is 13.9 Å². The Bertz CT molecular complexity index is 982. The first-order chi connectivity index (χ1) is 12.8. The molecule has 27 heavy (non-hydrogen) atoms. The Morgan fingerprint density at radius 1 is 1.22 bits per heavy atom. The first kappa shape index (κ1) is 19.4. The van der Waals surface area contributed by atoms with Crippen molar-refractivity contribution < 1.29 is 22.3 Å². The van der Waals surface area contributed by atoms with Gasteiger partial charge in [-0.1, -0.05) is 0 Å². The van der Waals surface area contributed by atoms with Gasteiger partial charge in [0, 0.05) is 12.6 Å². The number of benzene rings is 1. The Labute approximate surface area is 158 Å². The second kappa shape index (κ2) is 7.74. The van der Waals surface area contributed by atoms with E-state index in [0.717, 1.165) is 5.56 Å². The summed E-state index contributed by atoms with van der Waals surface area (Å²) in [5, 5.41) is 0. The van der Waals surface area contributed by atoms with Crippen LogP contribution in [0.3, 0.4) is 0 Å². The van der Waals surface area contributed by atoms with Crippen molar-refractivity contribution >= 4 is 10.0 Å². The number of nitrogens with zero attached hydrogens (tertiary/aromatic N) is 1. The van der Waals surface area contributed by atoms with Gasteiger partial charge in [-0.3, -0.25) is 0 Å². The Hall–Kier alpha value is -2.32. The molecule has 1 atom stereocenters. The molecule has 0 unspecified atom stereocenters. The summed E-state index contributed by atoms with van der Waals surface area (Å²) in [6.07, 6.45) is 0.235. The van der Waals surface area contributed by atoms with Gasteiger partial charge in [0.1, 0.15) is 23.4 Å². The van der Waals surface area contributed by atoms with Crippen LogP contribution in [-0.4, -0.2) is 38.5 Å². The predicted molar refractivity (Wildman–Crippen MR) is 99.9 cm³/mol. The van der Waals surface area contributed by atoms with Gasteiger partial charge in [-0.25, -0.2) is 13.2 Å². The van der Waals surface area contributed by atoms with Crippen LogP contribution in [-0.2, 0) is 10.0 Å². The lowest BCUT2D eigenvalue weighted by atomic mass is 10.2. The van der Waals surface area contributed by atoms with E-state index in [0.29, 0.717) is 36.8 Å². The lowest BCUT2D eigenvalue weighted by Crippen LogP contribution is -2.31. The van der Waals surface area contributed by atoms with Crippen molar-refractivity contribution in [1.82, 2.24) is 4.31 Å². The summed E-state index contributed by atoms with van der Waals surface area (Å²) in [4.78, 5) is 11.7. The van der Waals surface area contributed by atoms with E-state index in [-0.39, 0.29) is 17.5 Å². The summed E-state index contributed by atoms with van der Waals surface area (Å²) in [5.41, 5.74) is 0.286. The molecule has 0 N–H and O–H groups in total. The van der Waals surface area contributed by atoms with Crippen LogP contribution in [0.15, 0.2) is 44.4 Å². The molecule has 0 radical (unpaired) electrons. The van der Waals surface area contributed by atoms with E-state index in [4.69, 9.17) is 13.9 Å². The van der Waals surface area contributed by atoms with Crippen LogP contribution >= 0.6 is 0 Å². The molecule has 7 nitrogen and oxygen atoms in total. The largest absolute Gasteiger partial charge is 0.494 e. The zero-order valence-electron chi connectivity index (χ0n) is 15.6. The summed E-state index contributed by atoms with van der Waals surface area (Å²) in [6, 6.07) is 7.75. The van der Waals surface area contributed by atoms with Crippen molar-refractivity contribution in [3.8, 4) is 11.5 Å². The van der Waals surface area contributed by atoms with Gasteiger partial charge in [-0.05, 0) is 51.0 Å². The number of rotatable bonds is 6. The summed E-state index contributed by atoms with van der Waals surface area (Å²) in [5.74, 6) is 1.52. The van der Waals surface area contributed by atoms with Gasteiger partial charge in [0.15, 0.2) is 0 Å². The highest BCUT2D eigenvalue weighted by molar-refractivity contribution is 7.89. The number of hydrogen-bond acceptors (Lipinski definition) is 6. The lowest BCUT2D eigenvalue weighted by Gasteiger charge is -2.18. The first-order valence-electron chi connectivity index (χ1n) is 8.81. The van der Waals surface area contributed by atoms with Crippen LogP contribution in [0.25, 0.3) is 0 Å². The molecule has 1 saturated heterocycles. The van der Waals surface area contributed by atoms with Crippen LogP contribution in [0.4, 0.5) is 0 Å². The van der Waals surface area contributed by atoms with Gasteiger partial charge in [0.05, 0.1) is 24.1 Å². The number of hydrogen-bond donors (Lipinski definition) is 0. The molecule has 1 fully saturated rings. The zero-order valence-corrected chi connectivity index (χ0v) is 16.4. The minimum atomic E-state index is -3.62. The smallest absolute Gasteiger partial charge is 0.339 e. The van der Waals surface area contributed by atoms with Gasteiger partial charge in [0.2, 0.25) is 10.0 Å². The minimum absolute atomic E-state index is 0.230. The van der Waals surface area contributed by atoms with Gasteiger partial charge >= 0.3 is 5.63 Å². The summed E-state index contributed by atoms with van der Waals surface area (Å²) in [6.45, 7) is 6.48. The lowest BCUT2D eigenvalue weighted by molar-refractivity contribution is 0.213. The van der Waals surface area contributed by atoms with E-state index in [2.05, 4.69) is 0 Å². The van der Waals surface area contributed by atoms with E-state index in [1.807, 2.05) is 13.8 Å². The van der Waals surface area contributed by atoms with E-state index in [1.165, 1.54) is 10.4 Å². The Kier molecular flexibility index (Phi) is 5.57. The van der Waals surface area contributed by atoms with Crippen LogP contribution in [0, 0.1) is 13.8 Å². The summed E-state index contributed by atoms with van der Waals surface area (Å²) < 4.78 is 43.4. The maximum Gasteiger partial charge on any atom is 0.339 e. The molecule has 0 amide bonds. The second-order valence-corrected chi connectivity index (χ2v) is 8.41.